The third-order valence-electron chi connectivity index (χ3n) is 3.41. The average Bonchev–Trinajstić information content (AvgIpc) is 2.71. The van der Waals surface area contributed by atoms with Crippen LogP contribution in [0, 0.1) is 11.6 Å². The number of methoxy groups -OCH3 is 1. The van der Waals surface area contributed by atoms with E-state index in [0.29, 0.717) is 25.3 Å². The standard InChI is InChI=1S/C13H18F2N2O/c1-18-5-4-17-7-11(13(16)8-17)10-6-9(14)2-3-12(10)15/h2-3,6,11,13H,4-5,7-8,16H2,1H3/t11-,13+/m0/s1. The van der Waals surface area contributed by atoms with Gasteiger partial charge in [0.15, 0.2) is 0 Å². The first-order chi connectivity index (χ1) is 8.61. The van der Waals surface area contributed by atoms with Gasteiger partial charge in [-0.3, -0.25) is 4.90 Å². The lowest BCUT2D eigenvalue weighted by Gasteiger charge is -2.16. The maximum Gasteiger partial charge on any atom is 0.126 e. The first-order valence-corrected chi connectivity index (χ1v) is 6.03. The van der Waals surface area contributed by atoms with E-state index in [1.807, 2.05) is 0 Å². The van der Waals surface area contributed by atoms with E-state index in [1.54, 1.807) is 7.11 Å². The number of nitrogens with two attached hydrogens (primary N) is 1. The summed E-state index contributed by atoms with van der Waals surface area (Å²) in [5.74, 6) is -0.961. The van der Waals surface area contributed by atoms with Crippen LogP contribution in [0.3, 0.4) is 0 Å². The lowest BCUT2D eigenvalue weighted by molar-refractivity contribution is 0.159. The highest BCUT2D eigenvalue weighted by Crippen LogP contribution is 2.28. The Morgan fingerprint density at radius 1 is 1.39 bits per heavy atom. The van der Waals surface area contributed by atoms with E-state index >= 15 is 0 Å². The Balaban J connectivity index is 2.11. The van der Waals surface area contributed by atoms with Gasteiger partial charge in [0.2, 0.25) is 0 Å². The number of ether oxygens (including phenoxy) is 1. The van der Waals surface area contributed by atoms with Crippen molar-refractivity contribution < 1.29 is 13.5 Å². The molecule has 0 bridgehead atoms. The quantitative estimate of drug-likeness (QED) is 0.883. The fourth-order valence-corrected chi connectivity index (χ4v) is 2.44. The summed E-state index contributed by atoms with van der Waals surface area (Å²) in [6, 6.07) is 3.37. The Hall–Kier alpha value is -1.04. The number of likely N-dealkylation sites (tertiary alicyclic amines) is 1. The van der Waals surface area contributed by atoms with Crippen molar-refractivity contribution in [3.63, 3.8) is 0 Å². The molecule has 5 heteroatoms. The van der Waals surface area contributed by atoms with Crippen molar-refractivity contribution in [3.05, 3.63) is 35.4 Å². The fraction of sp³-hybridized carbons (Fsp3) is 0.538. The summed E-state index contributed by atoms with van der Waals surface area (Å²) in [6.07, 6.45) is 0. The minimum Gasteiger partial charge on any atom is -0.383 e. The molecule has 0 radical (unpaired) electrons. The van der Waals surface area contributed by atoms with Gasteiger partial charge in [0, 0.05) is 38.7 Å². The Morgan fingerprint density at radius 3 is 2.89 bits per heavy atom. The highest BCUT2D eigenvalue weighted by atomic mass is 19.1. The molecule has 2 rings (SSSR count). The zero-order valence-corrected chi connectivity index (χ0v) is 10.4. The van der Waals surface area contributed by atoms with E-state index in [-0.39, 0.29) is 17.8 Å². The van der Waals surface area contributed by atoms with Crippen LogP contribution in [0.25, 0.3) is 0 Å². The fourth-order valence-electron chi connectivity index (χ4n) is 2.44. The Bertz CT molecular complexity index is 414. The molecule has 2 atom stereocenters. The molecule has 100 valence electrons. The summed E-state index contributed by atoms with van der Waals surface area (Å²) in [4.78, 5) is 2.11. The van der Waals surface area contributed by atoms with Gasteiger partial charge < -0.3 is 10.5 Å². The van der Waals surface area contributed by atoms with Gasteiger partial charge in [0.1, 0.15) is 11.6 Å². The lowest BCUT2D eigenvalue weighted by Crippen LogP contribution is -2.30. The van der Waals surface area contributed by atoms with Crippen molar-refractivity contribution in [2.24, 2.45) is 5.73 Å². The van der Waals surface area contributed by atoms with Gasteiger partial charge in [-0.25, -0.2) is 8.78 Å². The number of hydrogen-bond donors (Lipinski definition) is 1. The number of benzene rings is 1. The molecule has 0 amide bonds. The van der Waals surface area contributed by atoms with Gasteiger partial charge in [-0.15, -0.1) is 0 Å². The van der Waals surface area contributed by atoms with E-state index in [9.17, 15) is 8.78 Å². The molecule has 0 saturated carbocycles. The minimum absolute atomic E-state index is 0.155. The van der Waals surface area contributed by atoms with Crippen molar-refractivity contribution >= 4 is 0 Å². The lowest BCUT2D eigenvalue weighted by atomic mass is 9.94. The van der Waals surface area contributed by atoms with Gasteiger partial charge in [-0.2, -0.15) is 0 Å². The van der Waals surface area contributed by atoms with E-state index in [4.69, 9.17) is 10.5 Å². The summed E-state index contributed by atoms with van der Waals surface area (Å²) in [6.45, 7) is 2.71. The molecule has 1 aliphatic rings. The van der Waals surface area contributed by atoms with Gasteiger partial charge in [-0.1, -0.05) is 0 Å². The number of rotatable bonds is 4. The summed E-state index contributed by atoms with van der Waals surface area (Å²) < 4.78 is 31.9. The van der Waals surface area contributed by atoms with Crippen LogP contribution in [0.5, 0.6) is 0 Å². The average molecular weight is 256 g/mol. The van der Waals surface area contributed by atoms with Crippen molar-refractivity contribution in [3.8, 4) is 0 Å². The molecule has 2 N–H and O–H groups in total. The summed E-state index contributed by atoms with van der Waals surface area (Å²) in [7, 11) is 1.64. The Kier molecular flexibility index (Phi) is 4.27. The second-order valence-electron chi connectivity index (χ2n) is 4.69. The van der Waals surface area contributed by atoms with Crippen molar-refractivity contribution in [2.75, 3.05) is 33.4 Å². The number of halogens is 2. The largest absolute Gasteiger partial charge is 0.383 e. The maximum atomic E-state index is 13.7. The van der Waals surface area contributed by atoms with Crippen LogP contribution in [0.1, 0.15) is 11.5 Å². The van der Waals surface area contributed by atoms with Crippen LogP contribution in [-0.4, -0.2) is 44.3 Å². The molecular formula is C13H18F2N2O. The molecule has 3 nitrogen and oxygen atoms in total. The third-order valence-corrected chi connectivity index (χ3v) is 3.41. The smallest absolute Gasteiger partial charge is 0.126 e. The molecule has 1 aromatic carbocycles. The second-order valence-corrected chi connectivity index (χ2v) is 4.69. The highest BCUT2D eigenvalue weighted by molar-refractivity contribution is 5.26. The van der Waals surface area contributed by atoms with Gasteiger partial charge in [0.25, 0.3) is 0 Å². The van der Waals surface area contributed by atoms with Crippen molar-refractivity contribution in [2.45, 2.75) is 12.0 Å². The summed E-state index contributed by atoms with van der Waals surface area (Å²) in [5.41, 5.74) is 6.40. The molecule has 1 fully saturated rings. The molecule has 1 saturated heterocycles. The van der Waals surface area contributed by atoms with Crippen LogP contribution in [0.4, 0.5) is 8.78 Å². The zero-order chi connectivity index (χ0) is 13.1. The van der Waals surface area contributed by atoms with Crippen LogP contribution in [0.15, 0.2) is 18.2 Å². The molecule has 0 unspecified atom stereocenters. The first-order valence-electron chi connectivity index (χ1n) is 6.03. The van der Waals surface area contributed by atoms with Gasteiger partial charge >= 0.3 is 0 Å². The minimum atomic E-state index is -0.422. The van der Waals surface area contributed by atoms with E-state index in [0.717, 1.165) is 18.7 Å². The monoisotopic (exact) mass is 256 g/mol. The van der Waals surface area contributed by atoms with E-state index in [1.165, 1.54) is 6.07 Å². The van der Waals surface area contributed by atoms with Crippen LogP contribution in [0.2, 0.25) is 0 Å². The topological polar surface area (TPSA) is 38.5 Å². The second kappa shape index (κ2) is 5.73. The molecule has 0 aromatic heterocycles. The van der Waals surface area contributed by atoms with E-state index in [2.05, 4.69) is 4.90 Å². The zero-order valence-electron chi connectivity index (χ0n) is 10.4. The van der Waals surface area contributed by atoms with E-state index < -0.39 is 5.82 Å². The predicted molar refractivity (Wildman–Crippen MR) is 65.4 cm³/mol. The molecule has 18 heavy (non-hydrogen) atoms. The van der Waals surface area contributed by atoms with Crippen LogP contribution >= 0.6 is 0 Å². The van der Waals surface area contributed by atoms with Crippen LogP contribution < -0.4 is 5.73 Å². The normalized spacial score (nSPS) is 24.7. The molecule has 1 heterocycles. The molecule has 0 spiro atoms. The summed E-state index contributed by atoms with van der Waals surface area (Å²) in [5, 5.41) is 0. The van der Waals surface area contributed by atoms with Gasteiger partial charge in [-0.05, 0) is 23.8 Å². The number of nitrogens with zero attached hydrogens (tertiary/aromatic N) is 1. The number of hydrogen-bond acceptors (Lipinski definition) is 3. The third kappa shape index (κ3) is 2.85. The SMILES string of the molecule is COCCN1C[C@@H](N)[C@H](c2cc(F)ccc2F)C1. The Morgan fingerprint density at radius 2 is 2.17 bits per heavy atom. The highest BCUT2D eigenvalue weighted by Gasteiger charge is 2.32. The Labute approximate surface area is 106 Å². The van der Waals surface area contributed by atoms with Crippen molar-refractivity contribution in [1.29, 1.82) is 0 Å². The van der Waals surface area contributed by atoms with Gasteiger partial charge in [0.05, 0.1) is 6.61 Å². The predicted octanol–water partition coefficient (Wildman–Crippen LogP) is 1.34. The summed E-state index contributed by atoms with van der Waals surface area (Å²) >= 11 is 0. The first kappa shape index (κ1) is 13.4. The van der Waals surface area contributed by atoms with Crippen LogP contribution in [-0.2, 0) is 4.74 Å². The molecule has 0 aliphatic carbocycles. The molecular weight excluding hydrogens is 238 g/mol. The molecule has 1 aromatic rings. The van der Waals surface area contributed by atoms with Crippen molar-refractivity contribution in [1.82, 2.24) is 4.90 Å². The maximum absolute atomic E-state index is 13.7. The molecule has 1 aliphatic heterocycles.